The number of nitrogens with one attached hydrogen (secondary N) is 3. The van der Waals surface area contributed by atoms with E-state index in [1.165, 1.54) is 10.6 Å². The average Bonchev–Trinajstić information content (AvgIpc) is 2.64. The molecule has 1 unspecified atom stereocenters. The first-order valence-electron chi connectivity index (χ1n) is 9.71. The summed E-state index contributed by atoms with van der Waals surface area (Å²) in [4.78, 5) is 16.6. The van der Waals surface area contributed by atoms with Crippen molar-refractivity contribution in [3.05, 3.63) is 29.8 Å². The quantitative estimate of drug-likeness (QED) is 0.194. The van der Waals surface area contributed by atoms with Gasteiger partial charge in [0.05, 0.1) is 12.8 Å². The summed E-state index contributed by atoms with van der Waals surface area (Å²) in [6.45, 7) is 6.59. The van der Waals surface area contributed by atoms with Crippen LogP contribution >= 0.6 is 24.0 Å². The zero-order chi connectivity index (χ0) is 20.6. The van der Waals surface area contributed by atoms with E-state index in [9.17, 15) is 13.2 Å². The van der Waals surface area contributed by atoms with Gasteiger partial charge < -0.3 is 16.0 Å². The van der Waals surface area contributed by atoms with Gasteiger partial charge in [0.1, 0.15) is 0 Å². The highest BCUT2D eigenvalue weighted by molar-refractivity contribution is 14.0. The molecule has 1 amide bonds. The van der Waals surface area contributed by atoms with Crippen molar-refractivity contribution < 1.29 is 13.2 Å². The molecule has 0 saturated heterocycles. The smallest absolute Gasteiger partial charge is 0.225 e. The van der Waals surface area contributed by atoms with E-state index in [0.717, 1.165) is 17.8 Å². The Balaban J connectivity index is 0.00000420. The topological polar surface area (TPSA) is 103 Å². The maximum atomic E-state index is 11.9. The van der Waals surface area contributed by atoms with Crippen LogP contribution in [0.4, 0.5) is 5.69 Å². The average molecular weight is 537 g/mol. The van der Waals surface area contributed by atoms with Crippen LogP contribution in [0.25, 0.3) is 0 Å². The van der Waals surface area contributed by atoms with Gasteiger partial charge in [0.2, 0.25) is 15.9 Å². The summed E-state index contributed by atoms with van der Waals surface area (Å²) in [7, 11) is -3.16. The van der Waals surface area contributed by atoms with Crippen LogP contribution < -0.4 is 16.0 Å². The second-order valence-corrected chi connectivity index (χ2v) is 8.77. The lowest BCUT2D eigenvalue weighted by Gasteiger charge is -2.24. The molecule has 164 valence electrons. The van der Waals surface area contributed by atoms with Crippen molar-refractivity contribution in [2.45, 2.75) is 32.6 Å². The van der Waals surface area contributed by atoms with Gasteiger partial charge in [0.15, 0.2) is 5.96 Å². The number of fused-ring (bicyclic) bond motifs is 1. The molecular formula is C19H32IN5O3S. The molecule has 29 heavy (non-hydrogen) atoms. The van der Waals surface area contributed by atoms with Crippen molar-refractivity contribution in [3.63, 3.8) is 0 Å². The second-order valence-electron chi connectivity index (χ2n) is 6.79. The fraction of sp³-hybridized carbons (Fsp3) is 0.579. The van der Waals surface area contributed by atoms with Gasteiger partial charge in [0, 0.05) is 44.2 Å². The van der Waals surface area contributed by atoms with Gasteiger partial charge in [-0.15, -0.1) is 24.0 Å². The van der Waals surface area contributed by atoms with E-state index in [1.807, 2.05) is 38.1 Å². The molecule has 0 fully saturated rings. The van der Waals surface area contributed by atoms with Gasteiger partial charge in [-0.2, -0.15) is 0 Å². The number of anilines is 1. The zero-order valence-electron chi connectivity index (χ0n) is 17.3. The minimum Gasteiger partial charge on any atom is -0.357 e. The van der Waals surface area contributed by atoms with Crippen LogP contribution in [0.5, 0.6) is 0 Å². The van der Waals surface area contributed by atoms with Crippen LogP contribution in [0.15, 0.2) is 29.3 Å². The molecule has 0 bridgehead atoms. The first-order chi connectivity index (χ1) is 13.3. The summed E-state index contributed by atoms with van der Waals surface area (Å²) in [5.41, 5.74) is 1.96. The van der Waals surface area contributed by atoms with E-state index in [-0.39, 0.29) is 35.8 Å². The fourth-order valence-electron chi connectivity index (χ4n) is 3.23. The Labute approximate surface area is 191 Å². The molecule has 0 aromatic heterocycles. The zero-order valence-corrected chi connectivity index (χ0v) is 20.4. The van der Waals surface area contributed by atoms with Crippen molar-refractivity contribution >= 4 is 51.6 Å². The Morgan fingerprint density at radius 2 is 2.00 bits per heavy atom. The lowest BCUT2D eigenvalue weighted by molar-refractivity contribution is -0.116. The summed E-state index contributed by atoms with van der Waals surface area (Å²) >= 11 is 0. The molecule has 1 aliphatic heterocycles. The van der Waals surface area contributed by atoms with E-state index in [4.69, 9.17) is 0 Å². The van der Waals surface area contributed by atoms with E-state index >= 15 is 0 Å². The van der Waals surface area contributed by atoms with Crippen LogP contribution in [0.2, 0.25) is 0 Å². The number of halogens is 1. The largest absolute Gasteiger partial charge is 0.357 e. The van der Waals surface area contributed by atoms with Gasteiger partial charge in [-0.05, 0) is 25.0 Å². The molecule has 1 aromatic rings. The van der Waals surface area contributed by atoms with E-state index in [1.54, 1.807) is 0 Å². The molecule has 0 spiro atoms. The Kier molecular flexibility index (Phi) is 10.9. The maximum Gasteiger partial charge on any atom is 0.225 e. The number of carbonyl (C=O) groups excluding carboxylic acids is 1. The van der Waals surface area contributed by atoms with Gasteiger partial charge in [-0.1, -0.05) is 25.1 Å². The highest BCUT2D eigenvalue weighted by Gasteiger charge is 2.24. The molecular weight excluding hydrogens is 505 g/mol. The summed E-state index contributed by atoms with van der Waals surface area (Å²) in [6.07, 6.45) is 2.33. The lowest BCUT2D eigenvalue weighted by atomic mass is 9.91. The molecule has 1 atom stereocenters. The SMILES string of the molecule is CCNC(=NCC1CC(=O)Nc2ccccc21)NCCCN(CC)S(C)(=O)=O.I. The number of hydrogen-bond donors (Lipinski definition) is 3. The standard InChI is InChI=1S/C19H31N5O3S.HI/c1-4-20-19(21-11-8-12-24(5-2)28(3,26)27)22-14-15-13-18(25)23-17-10-7-6-9-16(15)17;/h6-7,9-10,15H,4-5,8,11-14H2,1-3H3,(H,23,25)(H2,20,21,22);1H. The van der Waals surface area contributed by atoms with Gasteiger partial charge in [0.25, 0.3) is 0 Å². The fourth-order valence-corrected chi connectivity index (χ4v) is 4.16. The van der Waals surface area contributed by atoms with Crippen LogP contribution in [-0.4, -0.2) is 63.6 Å². The Hall–Kier alpha value is -1.40. The number of benzene rings is 1. The predicted molar refractivity (Wildman–Crippen MR) is 129 cm³/mol. The maximum absolute atomic E-state index is 11.9. The molecule has 0 saturated carbocycles. The molecule has 1 aliphatic rings. The van der Waals surface area contributed by atoms with E-state index < -0.39 is 10.0 Å². The van der Waals surface area contributed by atoms with Crippen LogP contribution in [-0.2, 0) is 14.8 Å². The molecule has 2 rings (SSSR count). The minimum absolute atomic E-state index is 0. The highest BCUT2D eigenvalue weighted by Crippen LogP contribution is 2.31. The third-order valence-electron chi connectivity index (χ3n) is 4.62. The van der Waals surface area contributed by atoms with Crippen molar-refractivity contribution in [2.75, 3.05) is 44.3 Å². The van der Waals surface area contributed by atoms with Crippen molar-refractivity contribution in [2.24, 2.45) is 4.99 Å². The molecule has 0 radical (unpaired) electrons. The summed E-state index contributed by atoms with van der Waals surface area (Å²) in [6, 6.07) is 7.82. The number of aliphatic imine (C=N–C) groups is 1. The highest BCUT2D eigenvalue weighted by atomic mass is 127. The summed E-state index contributed by atoms with van der Waals surface area (Å²) in [5.74, 6) is 0.729. The van der Waals surface area contributed by atoms with Crippen molar-refractivity contribution in [3.8, 4) is 0 Å². The van der Waals surface area contributed by atoms with Crippen LogP contribution in [0.3, 0.4) is 0 Å². The van der Waals surface area contributed by atoms with Crippen LogP contribution in [0.1, 0.15) is 38.2 Å². The Morgan fingerprint density at radius 3 is 2.66 bits per heavy atom. The van der Waals surface area contributed by atoms with E-state index in [2.05, 4.69) is 20.9 Å². The van der Waals surface area contributed by atoms with E-state index in [0.29, 0.717) is 45.0 Å². The minimum atomic E-state index is -3.16. The lowest BCUT2D eigenvalue weighted by Crippen LogP contribution is -2.39. The first kappa shape index (κ1) is 25.6. The van der Waals surface area contributed by atoms with Crippen molar-refractivity contribution in [1.82, 2.24) is 14.9 Å². The molecule has 10 heteroatoms. The Morgan fingerprint density at radius 1 is 1.28 bits per heavy atom. The number of sulfonamides is 1. The van der Waals surface area contributed by atoms with Gasteiger partial charge in [-0.25, -0.2) is 12.7 Å². The summed E-state index contributed by atoms with van der Waals surface area (Å²) in [5, 5.41) is 9.34. The normalized spacial score (nSPS) is 16.6. The molecule has 1 aromatic carbocycles. The molecule has 3 N–H and O–H groups in total. The summed E-state index contributed by atoms with van der Waals surface area (Å²) < 4.78 is 24.7. The molecule has 1 heterocycles. The number of rotatable bonds is 9. The first-order valence-corrected chi connectivity index (χ1v) is 11.6. The molecule has 8 nitrogen and oxygen atoms in total. The number of guanidine groups is 1. The number of hydrogen-bond acceptors (Lipinski definition) is 4. The Bertz CT molecular complexity index is 801. The van der Waals surface area contributed by atoms with Gasteiger partial charge >= 0.3 is 0 Å². The monoisotopic (exact) mass is 537 g/mol. The van der Waals surface area contributed by atoms with Crippen molar-refractivity contribution in [1.29, 1.82) is 0 Å². The van der Waals surface area contributed by atoms with Gasteiger partial charge in [-0.3, -0.25) is 9.79 Å². The predicted octanol–water partition coefficient (Wildman–Crippen LogP) is 1.96. The number of nitrogens with zero attached hydrogens (tertiary/aromatic N) is 2. The second kappa shape index (κ2) is 12.3. The number of carbonyl (C=O) groups is 1. The molecule has 0 aliphatic carbocycles. The number of amides is 1. The third kappa shape index (κ3) is 8.09. The van der Waals surface area contributed by atoms with Crippen LogP contribution in [0, 0.1) is 0 Å². The third-order valence-corrected chi connectivity index (χ3v) is 6.00. The number of para-hydroxylation sites is 1.